The number of nitrogens with zero attached hydrogens (tertiary/aromatic N) is 7. The predicted octanol–water partition coefficient (Wildman–Crippen LogP) is 2.31. The van der Waals surface area contributed by atoms with Crippen LogP contribution < -0.4 is 10.6 Å². The van der Waals surface area contributed by atoms with Crippen molar-refractivity contribution in [2.75, 3.05) is 37.8 Å². The molecular formula is C24H27N9O2. The topological polar surface area (TPSA) is 129 Å². The smallest absolute Gasteiger partial charge is 0.278 e. The second-order valence-corrected chi connectivity index (χ2v) is 9.05. The number of aromatic nitrogens is 5. The van der Waals surface area contributed by atoms with Crippen LogP contribution in [0.5, 0.6) is 0 Å². The molecule has 11 nitrogen and oxygen atoms in total. The molecule has 2 N–H and O–H groups in total. The summed E-state index contributed by atoms with van der Waals surface area (Å²) in [6.45, 7) is 1.31. The van der Waals surface area contributed by atoms with Crippen LogP contribution in [-0.2, 0) is 0 Å². The summed E-state index contributed by atoms with van der Waals surface area (Å²) in [4.78, 5) is 51.8. The van der Waals surface area contributed by atoms with Crippen LogP contribution in [-0.4, -0.2) is 79.8 Å². The standard InChI is InChI=1S/C24H27N9O2/c1-32(2)17-6-8-33(13-17)24(35)18-5-7-25-11-20(18)31-23(34)21-22(29-16-9-26-14-27-10-16)28-12-19(30-21)15-3-4-15/h5,7,9-12,14-15,17H,3-4,6,8,13H2,1-2H3,(H,28,29)(H,31,34). The van der Waals surface area contributed by atoms with Gasteiger partial charge >= 0.3 is 0 Å². The summed E-state index contributed by atoms with van der Waals surface area (Å²) in [5, 5.41) is 5.91. The van der Waals surface area contributed by atoms with Crippen molar-refractivity contribution in [1.82, 2.24) is 34.7 Å². The van der Waals surface area contributed by atoms with Crippen LogP contribution in [0.25, 0.3) is 0 Å². The molecule has 2 fully saturated rings. The summed E-state index contributed by atoms with van der Waals surface area (Å²) in [6.07, 6.45) is 12.3. The van der Waals surface area contributed by atoms with Gasteiger partial charge in [0.15, 0.2) is 11.5 Å². The molecule has 180 valence electrons. The molecule has 1 saturated carbocycles. The first kappa shape index (κ1) is 22.8. The number of likely N-dealkylation sites (N-methyl/N-ethyl adjacent to an activating group) is 1. The molecular weight excluding hydrogens is 446 g/mol. The number of rotatable bonds is 7. The molecule has 11 heteroatoms. The Hall–Kier alpha value is -3.99. The number of hydrogen-bond donors (Lipinski definition) is 2. The second kappa shape index (κ2) is 9.71. The number of likely N-dealkylation sites (tertiary alicyclic amines) is 1. The first-order valence-corrected chi connectivity index (χ1v) is 11.6. The Balaban J connectivity index is 1.40. The molecule has 1 unspecified atom stereocenters. The van der Waals surface area contributed by atoms with Gasteiger partial charge in [-0.3, -0.25) is 14.6 Å². The van der Waals surface area contributed by atoms with Gasteiger partial charge in [0.2, 0.25) is 0 Å². The third-order valence-corrected chi connectivity index (χ3v) is 6.31. The SMILES string of the molecule is CN(C)C1CCN(C(=O)c2ccncc2NC(=O)c2nc(C3CC3)cnc2Nc2cncnc2)C1. The number of anilines is 3. The summed E-state index contributed by atoms with van der Waals surface area (Å²) in [5.41, 5.74) is 2.22. The highest BCUT2D eigenvalue weighted by Gasteiger charge is 2.31. The Morgan fingerprint density at radius 1 is 1.06 bits per heavy atom. The number of pyridine rings is 1. The van der Waals surface area contributed by atoms with Gasteiger partial charge in [-0.25, -0.2) is 19.9 Å². The predicted molar refractivity (Wildman–Crippen MR) is 130 cm³/mol. The fraction of sp³-hybridized carbons (Fsp3) is 0.375. The van der Waals surface area contributed by atoms with E-state index >= 15 is 0 Å². The summed E-state index contributed by atoms with van der Waals surface area (Å²) in [6, 6.07) is 1.95. The molecule has 35 heavy (non-hydrogen) atoms. The van der Waals surface area contributed by atoms with E-state index in [1.807, 2.05) is 19.0 Å². The highest BCUT2D eigenvalue weighted by Crippen LogP contribution is 2.39. The molecule has 3 aromatic rings. The number of carbonyl (C=O) groups is 2. The van der Waals surface area contributed by atoms with Crippen LogP contribution in [0.4, 0.5) is 17.2 Å². The third-order valence-electron chi connectivity index (χ3n) is 6.31. The molecule has 4 heterocycles. The van der Waals surface area contributed by atoms with Crippen molar-refractivity contribution < 1.29 is 9.59 Å². The van der Waals surface area contributed by atoms with Crippen molar-refractivity contribution in [3.05, 3.63) is 60.3 Å². The average Bonchev–Trinajstić information content (AvgIpc) is 3.60. The molecule has 0 spiro atoms. The lowest BCUT2D eigenvalue weighted by molar-refractivity contribution is 0.0784. The quantitative estimate of drug-likeness (QED) is 0.531. The van der Waals surface area contributed by atoms with Crippen molar-refractivity contribution in [1.29, 1.82) is 0 Å². The van der Waals surface area contributed by atoms with Crippen molar-refractivity contribution in [2.45, 2.75) is 31.2 Å². The summed E-state index contributed by atoms with van der Waals surface area (Å²) >= 11 is 0. The zero-order valence-electron chi connectivity index (χ0n) is 19.7. The summed E-state index contributed by atoms with van der Waals surface area (Å²) < 4.78 is 0. The lowest BCUT2D eigenvalue weighted by Gasteiger charge is -2.21. The minimum absolute atomic E-state index is 0.134. The maximum absolute atomic E-state index is 13.4. The van der Waals surface area contributed by atoms with Gasteiger partial charge in [-0.15, -0.1) is 0 Å². The van der Waals surface area contributed by atoms with Crippen LogP contribution in [0.2, 0.25) is 0 Å². The van der Waals surface area contributed by atoms with Gasteiger partial charge in [0.1, 0.15) is 6.33 Å². The van der Waals surface area contributed by atoms with Crippen LogP contribution in [0, 0.1) is 0 Å². The fourth-order valence-electron chi connectivity index (χ4n) is 4.11. The Labute approximate surface area is 203 Å². The minimum Gasteiger partial charge on any atom is -0.337 e. The van der Waals surface area contributed by atoms with E-state index in [1.54, 1.807) is 30.9 Å². The Morgan fingerprint density at radius 2 is 1.86 bits per heavy atom. The van der Waals surface area contributed by atoms with E-state index in [0.717, 1.165) is 25.0 Å². The molecule has 5 rings (SSSR count). The van der Waals surface area contributed by atoms with E-state index in [2.05, 4.69) is 40.5 Å². The summed E-state index contributed by atoms with van der Waals surface area (Å²) in [5.74, 6) is -0.0102. The average molecular weight is 474 g/mol. The van der Waals surface area contributed by atoms with Gasteiger partial charge in [0.05, 0.1) is 47.4 Å². The monoisotopic (exact) mass is 473 g/mol. The van der Waals surface area contributed by atoms with Crippen LogP contribution >= 0.6 is 0 Å². The molecule has 0 radical (unpaired) electrons. The van der Waals surface area contributed by atoms with Crippen LogP contribution in [0.3, 0.4) is 0 Å². The molecule has 1 atom stereocenters. The highest BCUT2D eigenvalue weighted by molar-refractivity contribution is 6.10. The maximum atomic E-state index is 13.4. The molecule has 2 amide bonds. The van der Waals surface area contributed by atoms with Crippen molar-refractivity contribution in [2.24, 2.45) is 0 Å². The maximum Gasteiger partial charge on any atom is 0.278 e. The van der Waals surface area contributed by atoms with E-state index in [9.17, 15) is 9.59 Å². The van der Waals surface area contributed by atoms with Crippen molar-refractivity contribution in [3.8, 4) is 0 Å². The first-order chi connectivity index (χ1) is 17.0. The van der Waals surface area contributed by atoms with Gasteiger partial charge in [-0.2, -0.15) is 0 Å². The van der Waals surface area contributed by atoms with Crippen LogP contribution in [0.15, 0.2) is 43.4 Å². The molecule has 1 aliphatic carbocycles. The molecule has 0 bridgehead atoms. The van der Waals surface area contributed by atoms with Gasteiger partial charge in [0, 0.05) is 31.2 Å². The van der Waals surface area contributed by atoms with E-state index < -0.39 is 5.91 Å². The second-order valence-electron chi connectivity index (χ2n) is 9.05. The molecule has 0 aromatic carbocycles. The van der Waals surface area contributed by atoms with Crippen molar-refractivity contribution >= 4 is 29.0 Å². The Bertz CT molecular complexity index is 1230. The van der Waals surface area contributed by atoms with Crippen molar-refractivity contribution in [3.63, 3.8) is 0 Å². The van der Waals surface area contributed by atoms with E-state index in [0.29, 0.717) is 42.0 Å². The van der Waals surface area contributed by atoms with Gasteiger partial charge < -0.3 is 20.4 Å². The fourth-order valence-corrected chi connectivity index (χ4v) is 4.11. The Kier molecular flexibility index (Phi) is 6.32. The normalized spacial score (nSPS) is 17.5. The highest BCUT2D eigenvalue weighted by atomic mass is 16.2. The molecule has 2 aliphatic rings. The minimum atomic E-state index is -0.478. The lowest BCUT2D eigenvalue weighted by atomic mass is 10.2. The number of amides is 2. The number of nitrogens with one attached hydrogen (secondary N) is 2. The number of hydrogen-bond acceptors (Lipinski definition) is 9. The van der Waals surface area contributed by atoms with Gasteiger partial charge in [-0.05, 0) is 39.4 Å². The Morgan fingerprint density at radius 3 is 2.57 bits per heavy atom. The lowest BCUT2D eigenvalue weighted by Crippen LogP contribution is -2.35. The van der Waals surface area contributed by atoms with E-state index in [1.165, 1.54) is 12.5 Å². The zero-order chi connectivity index (χ0) is 24.4. The first-order valence-electron chi connectivity index (χ1n) is 11.6. The summed E-state index contributed by atoms with van der Waals surface area (Å²) in [7, 11) is 4.03. The zero-order valence-corrected chi connectivity index (χ0v) is 19.7. The van der Waals surface area contributed by atoms with E-state index in [-0.39, 0.29) is 17.4 Å². The van der Waals surface area contributed by atoms with Gasteiger partial charge in [-0.1, -0.05) is 0 Å². The third kappa shape index (κ3) is 5.09. The largest absolute Gasteiger partial charge is 0.337 e. The molecule has 1 saturated heterocycles. The van der Waals surface area contributed by atoms with Crippen LogP contribution in [0.1, 0.15) is 51.7 Å². The molecule has 3 aromatic heterocycles. The molecule has 1 aliphatic heterocycles. The van der Waals surface area contributed by atoms with Gasteiger partial charge in [0.25, 0.3) is 11.8 Å². The van der Waals surface area contributed by atoms with E-state index in [4.69, 9.17) is 0 Å². The number of carbonyl (C=O) groups excluding carboxylic acids is 2.